The van der Waals surface area contributed by atoms with Crippen molar-refractivity contribution in [1.82, 2.24) is 5.32 Å². The zero-order valence-electron chi connectivity index (χ0n) is 18.6. The number of hydrogen-bond acceptors (Lipinski definition) is 5. The fraction of sp³-hybridized carbons (Fsp3) is 0.259. The van der Waals surface area contributed by atoms with E-state index in [1.165, 1.54) is 5.56 Å². The predicted molar refractivity (Wildman–Crippen MR) is 130 cm³/mol. The van der Waals surface area contributed by atoms with Crippen molar-refractivity contribution in [2.24, 2.45) is 0 Å². The normalized spacial score (nSPS) is 16.4. The number of hydrogen-bond donors (Lipinski definition) is 4. The highest BCUT2D eigenvalue weighted by molar-refractivity contribution is 5.77. The first-order chi connectivity index (χ1) is 16.0. The molecule has 3 aromatic carbocycles. The maximum atomic E-state index is 11.1. The lowest BCUT2D eigenvalue weighted by Crippen LogP contribution is -2.45. The molecule has 0 aliphatic carbocycles. The summed E-state index contributed by atoms with van der Waals surface area (Å²) < 4.78 is 0. The molecule has 33 heavy (non-hydrogen) atoms. The van der Waals surface area contributed by atoms with E-state index in [2.05, 4.69) is 41.1 Å². The first-order valence-corrected chi connectivity index (χ1v) is 11.2. The standard InChI is InChI=1S/C27H28N4O2/c1-18(21-10-5-7-19(13-21)14-25(32)33)16-30-26(20-8-3-2-4-9-20)24-17-29-23-12-6-11-22(15-28)27(23)31-24/h2-13,18,24,26,29-31H,14,16-17H2,1H3,(H,32,33)/t18-,24-,26-/m1/s1. The number of benzene rings is 3. The first-order valence-electron chi connectivity index (χ1n) is 11.2. The highest BCUT2D eigenvalue weighted by Crippen LogP contribution is 2.33. The number of rotatable bonds is 8. The molecule has 0 fully saturated rings. The number of anilines is 2. The van der Waals surface area contributed by atoms with Gasteiger partial charge in [-0.25, -0.2) is 0 Å². The molecule has 6 heteroatoms. The number of nitrogens with zero attached hydrogens (tertiary/aromatic N) is 1. The molecule has 1 aliphatic heterocycles. The van der Waals surface area contributed by atoms with Crippen molar-refractivity contribution in [3.63, 3.8) is 0 Å². The van der Waals surface area contributed by atoms with Gasteiger partial charge in [-0.2, -0.15) is 5.26 Å². The van der Waals surface area contributed by atoms with E-state index < -0.39 is 5.97 Å². The molecule has 0 unspecified atom stereocenters. The topological polar surface area (TPSA) is 97.2 Å². The average molecular weight is 441 g/mol. The minimum absolute atomic E-state index is 0.0169. The summed E-state index contributed by atoms with van der Waals surface area (Å²) in [5.74, 6) is -0.626. The van der Waals surface area contributed by atoms with Gasteiger partial charge in [0.1, 0.15) is 6.07 Å². The Kier molecular flexibility index (Phi) is 6.92. The van der Waals surface area contributed by atoms with Gasteiger partial charge in [0.25, 0.3) is 0 Å². The molecule has 0 saturated carbocycles. The average Bonchev–Trinajstić information content (AvgIpc) is 2.84. The lowest BCUT2D eigenvalue weighted by Gasteiger charge is -2.36. The van der Waals surface area contributed by atoms with Crippen LogP contribution in [0.2, 0.25) is 0 Å². The van der Waals surface area contributed by atoms with Crippen LogP contribution in [0.1, 0.15) is 41.1 Å². The molecule has 0 saturated heterocycles. The van der Waals surface area contributed by atoms with Gasteiger partial charge in [0.15, 0.2) is 0 Å². The zero-order valence-corrected chi connectivity index (χ0v) is 18.6. The van der Waals surface area contributed by atoms with Crippen LogP contribution in [-0.4, -0.2) is 30.2 Å². The summed E-state index contributed by atoms with van der Waals surface area (Å²) in [5, 5.41) is 29.4. The lowest BCUT2D eigenvalue weighted by atomic mass is 9.94. The minimum atomic E-state index is -0.824. The molecule has 4 N–H and O–H groups in total. The third-order valence-corrected chi connectivity index (χ3v) is 6.11. The third kappa shape index (κ3) is 5.33. The summed E-state index contributed by atoms with van der Waals surface area (Å²) in [5.41, 5.74) is 5.50. The molecule has 1 aliphatic rings. The summed E-state index contributed by atoms with van der Waals surface area (Å²) in [6.07, 6.45) is 0.0267. The van der Waals surface area contributed by atoms with Crippen molar-refractivity contribution in [3.05, 3.63) is 95.1 Å². The molecule has 0 radical (unpaired) electrons. The molecule has 3 aromatic rings. The zero-order chi connectivity index (χ0) is 23.2. The quantitative estimate of drug-likeness (QED) is 0.411. The molecular weight excluding hydrogens is 412 g/mol. The molecule has 0 bridgehead atoms. The van der Waals surface area contributed by atoms with Crippen LogP contribution in [0.5, 0.6) is 0 Å². The van der Waals surface area contributed by atoms with Crippen LogP contribution in [0.15, 0.2) is 72.8 Å². The second kappa shape index (κ2) is 10.2. The Morgan fingerprint density at radius 1 is 1.12 bits per heavy atom. The highest BCUT2D eigenvalue weighted by Gasteiger charge is 2.28. The second-order valence-corrected chi connectivity index (χ2v) is 8.48. The highest BCUT2D eigenvalue weighted by atomic mass is 16.4. The van der Waals surface area contributed by atoms with Gasteiger partial charge in [0.2, 0.25) is 0 Å². The van der Waals surface area contributed by atoms with Gasteiger partial charge in [-0.3, -0.25) is 4.79 Å². The van der Waals surface area contributed by atoms with Crippen LogP contribution < -0.4 is 16.0 Å². The number of fused-ring (bicyclic) bond motifs is 1. The number of nitriles is 1. The smallest absolute Gasteiger partial charge is 0.307 e. The van der Waals surface area contributed by atoms with E-state index in [-0.39, 0.29) is 24.4 Å². The molecule has 0 amide bonds. The molecule has 168 valence electrons. The predicted octanol–water partition coefficient (Wildman–Crippen LogP) is 4.53. The fourth-order valence-electron chi connectivity index (χ4n) is 4.36. The lowest BCUT2D eigenvalue weighted by molar-refractivity contribution is -0.136. The fourth-order valence-corrected chi connectivity index (χ4v) is 4.36. The van der Waals surface area contributed by atoms with E-state index in [0.717, 1.165) is 35.6 Å². The molecule has 3 atom stereocenters. The Bertz CT molecular complexity index is 1160. The van der Waals surface area contributed by atoms with Crippen molar-refractivity contribution in [2.45, 2.75) is 31.3 Å². The largest absolute Gasteiger partial charge is 0.481 e. The summed E-state index contributed by atoms with van der Waals surface area (Å²) in [7, 11) is 0. The van der Waals surface area contributed by atoms with Gasteiger partial charge in [-0.05, 0) is 34.7 Å². The van der Waals surface area contributed by atoms with Gasteiger partial charge in [-0.15, -0.1) is 0 Å². The van der Waals surface area contributed by atoms with E-state index in [9.17, 15) is 10.1 Å². The van der Waals surface area contributed by atoms with E-state index in [4.69, 9.17) is 5.11 Å². The van der Waals surface area contributed by atoms with Crippen LogP contribution in [0.25, 0.3) is 0 Å². The Hall–Kier alpha value is -3.82. The number of aliphatic carboxylic acids is 1. The van der Waals surface area contributed by atoms with Crippen LogP contribution >= 0.6 is 0 Å². The van der Waals surface area contributed by atoms with E-state index in [1.807, 2.05) is 60.7 Å². The summed E-state index contributed by atoms with van der Waals surface area (Å²) in [6.45, 7) is 3.59. The van der Waals surface area contributed by atoms with Crippen molar-refractivity contribution in [3.8, 4) is 6.07 Å². The van der Waals surface area contributed by atoms with Gasteiger partial charge < -0.3 is 21.1 Å². The first kappa shape index (κ1) is 22.4. The third-order valence-electron chi connectivity index (χ3n) is 6.11. The molecule has 0 spiro atoms. The Balaban J connectivity index is 1.53. The molecule has 1 heterocycles. The maximum absolute atomic E-state index is 11.1. The molecule has 4 rings (SSSR count). The molecule has 0 aromatic heterocycles. The Morgan fingerprint density at radius 3 is 2.64 bits per heavy atom. The number of nitrogens with one attached hydrogen (secondary N) is 3. The van der Waals surface area contributed by atoms with Crippen molar-refractivity contribution < 1.29 is 9.90 Å². The summed E-state index contributed by atoms with van der Waals surface area (Å²) >= 11 is 0. The van der Waals surface area contributed by atoms with Gasteiger partial charge in [0, 0.05) is 13.1 Å². The minimum Gasteiger partial charge on any atom is -0.481 e. The van der Waals surface area contributed by atoms with E-state index in [1.54, 1.807) is 0 Å². The number of carbonyl (C=O) groups is 1. The van der Waals surface area contributed by atoms with Crippen LogP contribution in [0.3, 0.4) is 0 Å². The van der Waals surface area contributed by atoms with Crippen LogP contribution in [0, 0.1) is 11.3 Å². The number of carboxylic acids is 1. The Morgan fingerprint density at radius 2 is 1.88 bits per heavy atom. The number of para-hydroxylation sites is 1. The van der Waals surface area contributed by atoms with Crippen molar-refractivity contribution >= 4 is 17.3 Å². The van der Waals surface area contributed by atoms with Crippen molar-refractivity contribution in [2.75, 3.05) is 23.7 Å². The SMILES string of the molecule is C[C@H](CN[C@H](c1ccccc1)[C@H]1CNc2cccc(C#N)c2N1)c1cccc(CC(=O)O)c1. The summed E-state index contributed by atoms with van der Waals surface area (Å²) in [4.78, 5) is 11.1. The summed E-state index contributed by atoms with van der Waals surface area (Å²) in [6, 6.07) is 26.1. The molecule has 6 nitrogen and oxygen atoms in total. The van der Waals surface area contributed by atoms with Gasteiger partial charge in [0.05, 0.1) is 35.4 Å². The Labute approximate surface area is 194 Å². The van der Waals surface area contributed by atoms with Crippen molar-refractivity contribution in [1.29, 1.82) is 5.26 Å². The van der Waals surface area contributed by atoms with Gasteiger partial charge in [-0.1, -0.05) is 67.6 Å². The van der Waals surface area contributed by atoms with Crippen LogP contribution in [0.4, 0.5) is 11.4 Å². The second-order valence-electron chi connectivity index (χ2n) is 8.48. The van der Waals surface area contributed by atoms with E-state index in [0.29, 0.717) is 5.56 Å². The number of carboxylic acid groups (broad SMARTS) is 1. The van der Waals surface area contributed by atoms with Crippen LogP contribution in [-0.2, 0) is 11.2 Å². The maximum Gasteiger partial charge on any atom is 0.307 e. The van der Waals surface area contributed by atoms with E-state index >= 15 is 0 Å². The van der Waals surface area contributed by atoms with Gasteiger partial charge >= 0.3 is 5.97 Å². The molecular formula is C27H28N4O2. The monoisotopic (exact) mass is 440 g/mol.